The van der Waals surface area contributed by atoms with Crippen molar-refractivity contribution in [3.8, 4) is 0 Å². The van der Waals surface area contributed by atoms with Gasteiger partial charge in [0.2, 0.25) is 0 Å². The minimum Gasteiger partial charge on any atom is -0.313 e. The zero-order valence-corrected chi connectivity index (χ0v) is 14.6. The highest BCUT2D eigenvalue weighted by atomic mass is 79.9. The first-order valence-electron chi connectivity index (χ1n) is 6.39. The fourth-order valence-electron chi connectivity index (χ4n) is 2.85. The van der Waals surface area contributed by atoms with E-state index in [0.29, 0.717) is 12.0 Å². The number of rotatable bonds is 4. The fraction of sp³-hybridized carbons (Fsp3) is 0.333. The molecule has 1 aliphatic carbocycles. The zero-order chi connectivity index (χ0) is 13.4. The summed E-state index contributed by atoms with van der Waals surface area (Å²) < 4.78 is 2.41. The summed E-state index contributed by atoms with van der Waals surface area (Å²) >= 11 is 8.98. The Kier molecular flexibility index (Phi) is 4.13. The first-order chi connectivity index (χ1) is 9.19. The number of halogens is 2. The van der Waals surface area contributed by atoms with Gasteiger partial charge in [0.25, 0.3) is 0 Å². The van der Waals surface area contributed by atoms with Crippen molar-refractivity contribution in [1.82, 2.24) is 5.32 Å². The number of hydrogen-bond donors (Lipinski definition) is 1. The minimum absolute atomic E-state index is 0.412. The molecule has 0 radical (unpaired) electrons. The third kappa shape index (κ3) is 2.68. The highest BCUT2D eigenvalue weighted by Gasteiger charge is 2.29. The maximum absolute atomic E-state index is 3.67. The molecular formula is C15H15Br2NS. The molecule has 19 heavy (non-hydrogen) atoms. The van der Waals surface area contributed by atoms with Crippen LogP contribution in [-0.4, -0.2) is 7.05 Å². The van der Waals surface area contributed by atoms with E-state index in [1.54, 1.807) is 11.3 Å². The highest BCUT2D eigenvalue weighted by molar-refractivity contribution is 9.12. The van der Waals surface area contributed by atoms with Gasteiger partial charge in [0.1, 0.15) is 0 Å². The molecule has 0 fully saturated rings. The summed E-state index contributed by atoms with van der Waals surface area (Å²) in [7, 11) is 2.05. The molecule has 2 atom stereocenters. The molecule has 0 aliphatic heterocycles. The maximum atomic E-state index is 3.67. The Morgan fingerprint density at radius 2 is 2.16 bits per heavy atom. The Morgan fingerprint density at radius 1 is 1.37 bits per heavy atom. The number of hydrogen-bond acceptors (Lipinski definition) is 2. The van der Waals surface area contributed by atoms with Crippen LogP contribution in [0.3, 0.4) is 0 Å². The van der Waals surface area contributed by atoms with Crippen LogP contribution in [0.15, 0.2) is 37.9 Å². The highest BCUT2D eigenvalue weighted by Crippen LogP contribution is 2.43. The van der Waals surface area contributed by atoms with Crippen LogP contribution < -0.4 is 5.32 Å². The maximum Gasteiger partial charge on any atom is 0.0758 e. The van der Waals surface area contributed by atoms with Crippen LogP contribution in [0, 0.1) is 0 Å². The van der Waals surface area contributed by atoms with Crippen molar-refractivity contribution >= 4 is 43.2 Å². The van der Waals surface area contributed by atoms with E-state index in [1.807, 2.05) is 7.05 Å². The molecule has 2 unspecified atom stereocenters. The van der Waals surface area contributed by atoms with Crippen molar-refractivity contribution in [1.29, 1.82) is 0 Å². The molecule has 0 bridgehead atoms. The molecule has 3 rings (SSSR count). The summed E-state index contributed by atoms with van der Waals surface area (Å²) in [6.07, 6.45) is 2.38. The first kappa shape index (κ1) is 13.8. The van der Waals surface area contributed by atoms with Crippen molar-refractivity contribution in [3.63, 3.8) is 0 Å². The normalized spacial score (nSPS) is 18.8. The molecule has 100 valence electrons. The summed E-state index contributed by atoms with van der Waals surface area (Å²) in [6, 6.07) is 11.4. The SMILES string of the molecule is CNC(CC1Cc2ccccc21)c1cc(Br)sc1Br. The average molecular weight is 401 g/mol. The van der Waals surface area contributed by atoms with Crippen LogP contribution >= 0.6 is 43.2 Å². The second-order valence-electron chi connectivity index (χ2n) is 4.96. The molecule has 1 aromatic carbocycles. The van der Waals surface area contributed by atoms with E-state index >= 15 is 0 Å². The Bertz CT molecular complexity index is 594. The third-order valence-corrected chi connectivity index (χ3v) is 6.27. The van der Waals surface area contributed by atoms with E-state index < -0.39 is 0 Å². The van der Waals surface area contributed by atoms with Gasteiger partial charge in [0, 0.05) is 6.04 Å². The number of thiophene rings is 1. The minimum atomic E-state index is 0.412. The summed E-state index contributed by atoms with van der Waals surface area (Å²) in [5, 5.41) is 3.46. The zero-order valence-electron chi connectivity index (χ0n) is 10.6. The Balaban J connectivity index is 1.77. The van der Waals surface area contributed by atoms with Gasteiger partial charge in [0.15, 0.2) is 0 Å². The van der Waals surface area contributed by atoms with Crippen molar-refractivity contribution in [3.05, 3.63) is 54.6 Å². The van der Waals surface area contributed by atoms with Gasteiger partial charge < -0.3 is 5.32 Å². The molecule has 2 aromatic rings. The van der Waals surface area contributed by atoms with Gasteiger partial charge in [-0.15, -0.1) is 11.3 Å². The third-order valence-electron chi connectivity index (χ3n) is 3.89. The first-order valence-corrected chi connectivity index (χ1v) is 8.79. The fourth-order valence-corrected chi connectivity index (χ4v) is 5.82. The van der Waals surface area contributed by atoms with E-state index in [0.717, 1.165) is 6.42 Å². The van der Waals surface area contributed by atoms with Crippen LogP contribution in [-0.2, 0) is 6.42 Å². The lowest BCUT2D eigenvalue weighted by Crippen LogP contribution is -2.24. The van der Waals surface area contributed by atoms with Gasteiger partial charge in [-0.2, -0.15) is 0 Å². The van der Waals surface area contributed by atoms with E-state index in [2.05, 4.69) is 67.5 Å². The molecule has 0 amide bonds. The van der Waals surface area contributed by atoms with E-state index in [9.17, 15) is 0 Å². The van der Waals surface area contributed by atoms with E-state index in [1.165, 1.54) is 30.7 Å². The number of fused-ring (bicyclic) bond motifs is 1. The molecule has 1 heterocycles. The largest absolute Gasteiger partial charge is 0.313 e. The van der Waals surface area contributed by atoms with Crippen LogP contribution in [0.1, 0.15) is 35.1 Å². The molecule has 0 spiro atoms. The summed E-state index contributed by atoms with van der Waals surface area (Å²) in [4.78, 5) is 0. The predicted molar refractivity (Wildman–Crippen MR) is 89.0 cm³/mol. The molecule has 0 saturated heterocycles. The summed E-state index contributed by atoms with van der Waals surface area (Å²) in [6.45, 7) is 0. The topological polar surface area (TPSA) is 12.0 Å². The van der Waals surface area contributed by atoms with Crippen molar-refractivity contribution < 1.29 is 0 Å². The van der Waals surface area contributed by atoms with Crippen LogP contribution in [0.5, 0.6) is 0 Å². The Labute approximate surface area is 134 Å². The summed E-state index contributed by atoms with van der Waals surface area (Å²) in [5.41, 5.74) is 4.42. The summed E-state index contributed by atoms with van der Waals surface area (Å²) in [5.74, 6) is 0.694. The van der Waals surface area contributed by atoms with Gasteiger partial charge >= 0.3 is 0 Å². The quantitative estimate of drug-likeness (QED) is 0.737. The molecule has 0 saturated carbocycles. The average Bonchev–Trinajstić information content (AvgIpc) is 2.70. The van der Waals surface area contributed by atoms with Crippen molar-refractivity contribution in [2.24, 2.45) is 0 Å². The molecule has 1 aliphatic rings. The van der Waals surface area contributed by atoms with Gasteiger partial charge in [-0.3, -0.25) is 0 Å². The van der Waals surface area contributed by atoms with Crippen LogP contribution in [0.25, 0.3) is 0 Å². The van der Waals surface area contributed by atoms with Crippen molar-refractivity contribution in [2.75, 3.05) is 7.05 Å². The predicted octanol–water partition coefficient (Wildman–Crippen LogP) is 5.26. The van der Waals surface area contributed by atoms with E-state index in [-0.39, 0.29) is 0 Å². The van der Waals surface area contributed by atoms with Crippen molar-refractivity contribution in [2.45, 2.75) is 24.8 Å². The molecule has 1 N–H and O–H groups in total. The van der Waals surface area contributed by atoms with E-state index in [4.69, 9.17) is 0 Å². The second-order valence-corrected chi connectivity index (χ2v) is 8.71. The number of benzene rings is 1. The standard InChI is InChI=1S/C15H15Br2NS/c1-18-13(12-8-14(16)19-15(12)17)7-10-6-9-4-2-3-5-11(9)10/h2-5,8,10,13,18H,6-7H2,1H3. The monoisotopic (exact) mass is 399 g/mol. The second kappa shape index (κ2) is 5.68. The molecule has 4 heteroatoms. The lowest BCUT2D eigenvalue weighted by atomic mass is 9.74. The molecule has 1 nitrogen and oxygen atoms in total. The van der Waals surface area contributed by atoms with Crippen LogP contribution in [0.4, 0.5) is 0 Å². The lowest BCUT2D eigenvalue weighted by molar-refractivity contribution is 0.452. The Hall–Kier alpha value is -0.160. The van der Waals surface area contributed by atoms with Gasteiger partial charge in [-0.25, -0.2) is 0 Å². The molecule has 1 aromatic heterocycles. The smallest absolute Gasteiger partial charge is 0.0758 e. The number of nitrogens with one attached hydrogen (secondary N) is 1. The van der Waals surface area contributed by atoms with Crippen LogP contribution in [0.2, 0.25) is 0 Å². The van der Waals surface area contributed by atoms with Gasteiger partial charge in [0.05, 0.1) is 7.57 Å². The Morgan fingerprint density at radius 3 is 2.79 bits per heavy atom. The molecular weight excluding hydrogens is 386 g/mol. The van der Waals surface area contributed by atoms with Gasteiger partial charge in [-0.05, 0) is 80.4 Å². The lowest BCUT2D eigenvalue weighted by Gasteiger charge is -2.33. The van der Waals surface area contributed by atoms with Gasteiger partial charge in [-0.1, -0.05) is 24.3 Å².